The minimum absolute atomic E-state index is 0. The molecule has 2 atom stereocenters. The first-order valence-corrected chi connectivity index (χ1v) is 11.1. The van der Waals surface area contributed by atoms with Crippen molar-refractivity contribution in [2.24, 2.45) is 0 Å². The van der Waals surface area contributed by atoms with Gasteiger partial charge in [0.25, 0.3) is 5.91 Å². The van der Waals surface area contributed by atoms with Crippen LogP contribution < -0.4 is 15.1 Å². The van der Waals surface area contributed by atoms with Crippen LogP contribution >= 0.6 is 27.0 Å². The number of carbonyl (C=O) groups excluding carboxylic acids is 2. The van der Waals surface area contributed by atoms with Crippen LogP contribution in [0.15, 0.2) is 36.4 Å². The Morgan fingerprint density at radius 3 is 2.14 bits per heavy atom. The van der Waals surface area contributed by atoms with Gasteiger partial charge in [-0.3, -0.25) is 14.6 Å². The van der Waals surface area contributed by atoms with E-state index in [2.05, 4.69) is 5.32 Å². The first kappa shape index (κ1) is 30.3. The Morgan fingerprint density at radius 1 is 1.05 bits per heavy atom. The third kappa shape index (κ3) is 5.81. The fourth-order valence-electron chi connectivity index (χ4n) is 4.81. The van der Waals surface area contributed by atoms with Crippen molar-refractivity contribution in [1.82, 2.24) is 5.32 Å². The highest BCUT2D eigenvalue weighted by molar-refractivity contribution is 7.59. The van der Waals surface area contributed by atoms with Crippen LogP contribution in [0.4, 0.5) is 33.7 Å². The van der Waals surface area contributed by atoms with Gasteiger partial charge in [-0.1, -0.05) is 12.8 Å². The molecule has 1 saturated carbocycles. The number of fused-ring (bicyclic) bond motifs is 1. The van der Waals surface area contributed by atoms with Gasteiger partial charge in [-0.25, -0.2) is 9.18 Å². The lowest BCUT2D eigenvalue weighted by atomic mass is 9.89. The molecule has 3 amide bonds. The van der Waals surface area contributed by atoms with E-state index in [1.807, 2.05) is 0 Å². The Balaban J connectivity index is 0.00000241. The van der Waals surface area contributed by atoms with Crippen molar-refractivity contribution in [2.75, 3.05) is 23.0 Å². The van der Waals surface area contributed by atoms with Gasteiger partial charge in [0.15, 0.2) is 0 Å². The van der Waals surface area contributed by atoms with Crippen LogP contribution in [-0.4, -0.2) is 42.3 Å². The number of hydrogen-bond donors (Lipinski definition) is 2. The quantitative estimate of drug-likeness (QED) is 0.531. The number of halogens is 4. The van der Waals surface area contributed by atoms with Crippen molar-refractivity contribution in [1.29, 1.82) is 5.26 Å². The van der Waals surface area contributed by atoms with Gasteiger partial charge in [-0.05, 0) is 49.2 Å². The minimum Gasteiger partial charge on any atom is -0.395 e. The summed E-state index contributed by atoms with van der Waals surface area (Å²) in [6, 6.07) is 6.99. The molecular formula is C24H26F4N4O3S2. The van der Waals surface area contributed by atoms with E-state index in [0.717, 1.165) is 31.0 Å². The molecule has 1 saturated heterocycles. The molecule has 1 aliphatic carbocycles. The first-order valence-electron chi connectivity index (χ1n) is 11.1. The molecular weight excluding hydrogens is 532 g/mol. The summed E-state index contributed by atoms with van der Waals surface area (Å²) in [6.07, 6.45) is -2.07. The van der Waals surface area contributed by atoms with Crippen LogP contribution in [0.5, 0.6) is 0 Å². The van der Waals surface area contributed by atoms with Crippen molar-refractivity contribution in [3.63, 3.8) is 0 Å². The highest BCUT2D eigenvalue weighted by atomic mass is 32.1. The van der Waals surface area contributed by atoms with E-state index in [9.17, 15) is 27.2 Å². The maximum atomic E-state index is 14.8. The average molecular weight is 559 g/mol. The standard InChI is InChI=1S/C24H22F4N4O3.2H2S/c25-19-12-16(7-8-17(19)22(34)30-9-10-33)32-21-4-2-1-3-20(21)31(23(32)35)15-6-5-14(13-29)18(11-15)24(26,27)28;;/h5-8,11-12,20-21,33H,1-4,9-10H2,(H,30,34);2*1H2/t20-,21-;;/m0../s1. The monoisotopic (exact) mass is 558 g/mol. The SMILES string of the molecule is N#Cc1ccc(N2C(=O)N(c3ccc(C(=O)NCCO)c(F)c3)[C@H]3CCCC[C@@H]32)cc1C(F)(F)F.S.S. The van der Waals surface area contributed by atoms with E-state index >= 15 is 0 Å². The van der Waals surface area contributed by atoms with Gasteiger partial charge in [0, 0.05) is 17.9 Å². The number of urea groups is 1. The van der Waals surface area contributed by atoms with Gasteiger partial charge in [0.1, 0.15) is 5.82 Å². The second kappa shape index (κ2) is 12.1. The molecule has 2 aromatic carbocycles. The van der Waals surface area contributed by atoms with Crippen LogP contribution in [0.1, 0.15) is 47.2 Å². The van der Waals surface area contributed by atoms with E-state index in [4.69, 9.17) is 10.4 Å². The van der Waals surface area contributed by atoms with Crippen molar-refractivity contribution < 1.29 is 32.3 Å². The summed E-state index contributed by atoms with van der Waals surface area (Å²) in [5, 5.41) is 20.3. The average Bonchev–Trinajstić information content (AvgIpc) is 3.13. The molecule has 4 rings (SSSR count). The molecule has 7 nitrogen and oxygen atoms in total. The smallest absolute Gasteiger partial charge is 0.395 e. The zero-order valence-electron chi connectivity index (χ0n) is 19.5. The van der Waals surface area contributed by atoms with Gasteiger partial charge in [0.2, 0.25) is 0 Å². The zero-order valence-corrected chi connectivity index (χ0v) is 21.5. The second-order valence-corrected chi connectivity index (χ2v) is 8.42. The Hall–Kier alpha value is -2.95. The second-order valence-electron chi connectivity index (χ2n) is 8.42. The number of nitrogens with one attached hydrogen (secondary N) is 1. The lowest BCUT2D eigenvalue weighted by molar-refractivity contribution is -0.137. The van der Waals surface area contributed by atoms with Crippen LogP contribution in [0.3, 0.4) is 0 Å². The third-order valence-corrected chi connectivity index (χ3v) is 6.35. The van der Waals surface area contributed by atoms with Gasteiger partial charge < -0.3 is 10.4 Å². The lowest BCUT2D eigenvalue weighted by Crippen LogP contribution is -2.40. The van der Waals surface area contributed by atoms with Crippen LogP contribution in [0.25, 0.3) is 0 Å². The van der Waals surface area contributed by atoms with E-state index in [0.29, 0.717) is 12.8 Å². The topological polar surface area (TPSA) is 96.7 Å². The van der Waals surface area contributed by atoms with Gasteiger partial charge >= 0.3 is 12.2 Å². The Morgan fingerprint density at radius 2 is 1.62 bits per heavy atom. The number of anilines is 2. The molecule has 2 N–H and O–H groups in total. The summed E-state index contributed by atoms with van der Waals surface area (Å²) in [4.78, 5) is 28.3. The van der Waals surface area contributed by atoms with Crippen molar-refractivity contribution >= 4 is 50.3 Å². The maximum absolute atomic E-state index is 14.8. The van der Waals surface area contributed by atoms with E-state index in [1.165, 1.54) is 34.1 Å². The molecule has 2 aliphatic rings. The number of nitrogens with zero attached hydrogens (tertiary/aromatic N) is 3. The van der Waals surface area contributed by atoms with Gasteiger partial charge in [-0.2, -0.15) is 45.4 Å². The van der Waals surface area contributed by atoms with Crippen molar-refractivity contribution in [3.8, 4) is 6.07 Å². The van der Waals surface area contributed by atoms with Gasteiger partial charge in [-0.15, -0.1) is 0 Å². The molecule has 13 heteroatoms. The summed E-state index contributed by atoms with van der Waals surface area (Å²) in [7, 11) is 0. The number of benzene rings is 2. The molecule has 0 aromatic heterocycles. The number of aliphatic hydroxyl groups excluding tert-OH is 1. The van der Waals surface area contributed by atoms with Crippen LogP contribution in [0, 0.1) is 17.1 Å². The molecule has 200 valence electrons. The minimum atomic E-state index is -4.77. The van der Waals surface area contributed by atoms with E-state index in [1.54, 1.807) is 0 Å². The maximum Gasteiger partial charge on any atom is 0.417 e. The molecule has 0 bridgehead atoms. The summed E-state index contributed by atoms with van der Waals surface area (Å²) < 4.78 is 55.4. The summed E-state index contributed by atoms with van der Waals surface area (Å²) in [5.41, 5.74) is -1.72. The van der Waals surface area contributed by atoms with Crippen molar-refractivity contribution in [3.05, 3.63) is 58.9 Å². The molecule has 2 aromatic rings. The number of alkyl halides is 3. The summed E-state index contributed by atoms with van der Waals surface area (Å²) in [6.45, 7) is -0.355. The van der Waals surface area contributed by atoms with Crippen LogP contribution in [-0.2, 0) is 6.18 Å². The largest absolute Gasteiger partial charge is 0.417 e. The van der Waals surface area contributed by atoms with E-state index < -0.39 is 47.1 Å². The Kier molecular flexibility index (Phi) is 9.87. The fourth-order valence-corrected chi connectivity index (χ4v) is 4.81. The Labute approximate surface area is 224 Å². The number of aliphatic hydroxyl groups is 1. The number of nitriles is 1. The van der Waals surface area contributed by atoms with Crippen LogP contribution in [0.2, 0.25) is 0 Å². The highest BCUT2D eigenvalue weighted by Crippen LogP contribution is 2.42. The molecule has 2 fully saturated rings. The van der Waals surface area contributed by atoms with E-state index in [-0.39, 0.29) is 57.1 Å². The van der Waals surface area contributed by atoms with Gasteiger partial charge in [0.05, 0.1) is 41.5 Å². The normalized spacial score (nSPS) is 18.9. The number of amides is 3. The summed E-state index contributed by atoms with van der Waals surface area (Å²) in [5.74, 6) is -1.58. The predicted molar refractivity (Wildman–Crippen MR) is 139 cm³/mol. The molecule has 1 aliphatic heterocycles. The highest BCUT2D eigenvalue weighted by Gasteiger charge is 2.48. The third-order valence-electron chi connectivity index (χ3n) is 6.35. The lowest BCUT2D eigenvalue weighted by Gasteiger charge is -2.32. The molecule has 0 unspecified atom stereocenters. The molecule has 1 heterocycles. The predicted octanol–water partition coefficient (Wildman–Crippen LogP) is 4.42. The Bertz CT molecular complexity index is 1210. The first-order chi connectivity index (χ1) is 16.7. The zero-order chi connectivity index (χ0) is 25.3. The summed E-state index contributed by atoms with van der Waals surface area (Å²) >= 11 is 0. The van der Waals surface area contributed by atoms with Crippen molar-refractivity contribution in [2.45, 2.75) is 43.9 Å². The fraction of sp³-hybridized carbons (Fsp3) is 0.375. The number of carbonyl (C=O) groups is 2. The molecule has 0 spiro atoms. The molecule has 37 heavy (non-hydrogen) atoms. The number of hydrogen-bond acceptors (Lipinski definition) is 4. The number of rotatable bonds is 5. The molecule has 0 radical (unpaired) electrons.